The van der Waals surface area contributed by atoms with Crippen molar-refractivity contribution in [3.63, 3.8) is 0 Å². The van der Waals surface area contributed by atoms with Gasteiger partial charge in [0.05, 0.1) is 18.8 Å². The molecule has 7 aliphatic rings. The predicted octanol–water partition coefficient (Wildman–Crippen LogP) is 2.55. The highest BCUT2D eigenvalue weighted by atomic mass is 16.5. The third-order valence-corrected chi connectivity index (χ3v) is 10.1. The van der Waals surface area contributed by atoms with E-state index in [4.69, 9.17) is 4.74 Å². The normalized spacial score (nSPS) is 61.1. The summed E-state index contributed by atoms with van der Waals surface area (Å²) in [6.45, 7) is 9.71. The molecule has 5 saturated carbocycles. The summed E-state index contributed by atoms with van der Waals surface area (Å²) in [4.78, 5) is 2.62. The molecule has 7 fully saturated rings. The molecule has 0 aromatic carbocycles. The highest BCUT2D eigenvalue weighted by molar-refractivity contribution is 5.30. The fourth-order valence-electron chi connectivity index (χ4n) is 9.22. The van der Waals surface area contributed by atoms with Gasteiger partial charge in [0.15, 0.2) is 0 Å². The van der Waals surface area contributed by atoms with Crippen LogP contribution in [-0.4, -0.2) is 53.2 Å². The zero-order chi connectivity index (χ0) is 17.9. The maximum atomic E-state index is 11.5. The monoisotopic (exact) mass is 359 g/mol. The van der Waals surface area contributed by atoms with Crippen LogP contribution in [0.3, 0.4) is 0 Å². The molecule has 4 bridgehead atoms. The smallest absolute Gasteiger partial charge is 0.116 e. The lowest BCUT2D eigenvalue weighted by molar-refractivity contribution is -0.300. The topological polar surface area (TPSA) is 52.9 Å². The Balaban J connectivity index is 1.52. The minimum absolute atomic E-state index is 0.147. The SMILES string of the molecule is C=C1[C@H]2CC[C@@]3([C@H](O)C[C@H]4[C@@]5(CCC[C@@]4(C)C4OCCN4C5)[C@@H]3C2)[C@@H]1O. The van der Waals surface area contributed by atoms with Gasteiger partial charge in [0.25, 0.3) is 0 Å². The van der Waals surface area contributed by atoms with E-state index >= 15 is 0 Å². The summed E-state index contributed by atoms with van der Waals surface area (Å²) < 4.78 is 6.24. The van der Waals surface area contributed by atoms with Gasteiger partial charge in [0, 0.05) is 23.9 Å². The number of hydrogen-bond acceptors (Lipinski definition) is 4. The van der Waals surface area contributed by atoms with Crippen LogP contribution in [0.25, 0.3) is 0 Å². The highest BCUT2D eigenvalue weighted by Crippen LogP contribution is 2.74. The summed E-state index contributed by atoms with van der Waals surface area (Å²) in [5, 5.41) is 22.7. The molecular weight excluding hydrogens is 326 g/mol. The van der Waals surface area contributed by atoms with Crippen molar-refractivity contribution >= 4 is 0 Å². The first-order valence-electron chi connectivity index (χ1n) is 10.8. The Bertz CT molecular complexity index is 666. The summed E-state index contributed by atoms with van der Waals surface area (Å²) in [5.41, 5.74) is 1.07. The molecule has 26 heavy (non-hydrogen) atoms. The van der Waals surface area contributed by atoms with E-state index in [1.54, 1.807) is 0 Å². The van der Waals surface area contributed by atoms with Crippen molar-refractivity contribution in [2.45, 2.75) is 70.3 Å². The highest BCUT2D eigenvalue weighted by Gasteiger charge is 2.74. The van der Waals surface area contributed by atoms with Crippen molar-refractivity contribution in [1.82, 2.24) is 4.90 Å². The Kier molecular flexibility index (Phi) is 3.14. The average molecular weight is 360 g/mol. The van der Waals surface area contributed by atoms with E-state index in [0.717, 1.165) is 51.0 Å². The van der Waals surface area contributed by atoms with Crippen LogP contribution < -0.4 is 0 Å². The van der Waals surface area contributed by atoms with Crippen molar-refractivity contribution in [3.8, 4) is 0 Å². The molecule has 2 heterocycles. The van der Waals surface area contributed by atoms with Crippen molar-refractivity contribution in [3.05, 3.63) is 12.2 Å². The van der Waals surface area contributed by atoms with Crippen LogP contribution >= 0.6 is 0 Å². The van der Waals surface area contributed by atoms with Gasteiger partial charge in [0.2, 0.25) is 0 Å². The molecule has 2 aliphatic heterocycles. The summed E-state index contributed by atoms with van der Waals surface area (Å²) in [5.74, 6) is 1.41. The van der Waals surface area contributed by atoms with Crippen LogP contribution in [0.15, 0.2) is 12.2 Å². The van der Waals surface area contributed by atoms with E-state index in [2.05, 4.69) is 18.4 Å². The minimum Gasteiger partial charge on any atom is -0.392 e. The summed E-state index contributed by atoms with van der Waals surface area (Å²) in [7, 11) is 0. The summed E-state index contributed by atoms with van der Waals surface area (Å²) in [6, 6.07) is 0. The predicted molar refractivity (Wildman–Crippen MR) is 98.2 cm³/mol. The quantitative estimate of drug-likeness (QED) is 0.653. The van der Waals surface area contributed by atoms with Gasteiger partial charge in [-0.05, 0) is 67.3 Å². The number of piperidine rings is 1. The minimum atomic E-state index is -0.508. The molecule has 0 aromatic rings. The molecule has 0 amide bonds. The first-order valence-corrected chi connectivity index (χ1v) is 10.8. The zero-order valence-corrected chi connectivity index (χ0v) is 16.0. The molecule has 0 radical (unpaired) electrons. The van der Waals surface area contributed by atoms with Gasteiger partial charge >= 0.3 is 0 Å². The molecule has 5 aliphatic carbocycles. The standard InChI is InChI=1S/C22H33NO3/c1-13-14-4-7-22(18(13)25)16(10-14)21-6-3-5-20(2,15(21)11-17(22)24)19-23(12-21)8-9-26-19/h14-19,24-25H,1,3-12H2,2H3/t14-,15+,16-,17+,18+,19?,20+,21-,22+/m0/s1. The number of nitrogens with zero attached hydrogens (tertiary/aromatic N) is 1. The van der Waals surface area contributed by atoms with Crippen LogP contribution in [0.4, 0.5) is 0 Å². The molecule has 1 unspecified atom stereocenters. The van der Waals surface area contributed by atoms with Crippen LogP contribution in [0.5, 0.6) is 0 Å². The molecular formula is C22H33NO3. The second kappa shape index (κ2) is 4.94. The first kappa shape index (κ1) is 16.5. The third-order valence-electron chi connectivity index (χ3n) is 10.1. The Morgan fingerprint density at radius 1 is 1.15 bits per heavy atom. The van der Waals surface area contributed by atoms with Crippen LogP contribution in [0.1, 0.15) is 51.9 Å². The number of fused-ring (bicyclic) bond motifs is 4. The first-order chi connectivity index (χ1) is 12.4. The molecule has 2 N–H and O–H groups in total. The second-order valence-corrected chi connectivity index (χ2v) is 10.7. The number of aliphatic hydroxyl groups excluding tert-OH is 2. The molecule has 7 rings (SSSR count). The lowest BCUT2D eigenvalue weighted by Gasteiger charge is -2.74. The Morgan fingerprint density at radius 2 is 2.00 bits per heavy atom. The van der Waals surface area contributed by atoms with Crippen molar-refractivity contribution in [2.75, 3.05) is 19.7 Å². The number of aliphatic hydroxyl groups is 2. The average Bonchev–Trinajstić information content (AvgIpc) is 3.09. The lowest BCUT2D eigenvalue weighted by Crippen LogP contribution is -2.75. The summed E-state index contributed by atoms with van der Waals surface area (Å²) >= 11 is 0. The third kappa shape index (κ3) is 1.60. The fourth-order valence-corrected chi connectivity index (χ4v) is 9.22. The van der Waals surface area contributed by atoms with E-state index in [0.29, 0.717) is 17.8 Å². The summed E-state index contributed by atoms with van der Waals surface area (Å²) in [6.07, 6.45) is 7.15. The number of ether oxygens (including phenoxy) is 1. The van der Waals surface area contributed by atoms with Crippen molar-refractivity contribution < 1.29 is 14.9 Å². The molecule has 4 heteroatoms. The van der Waals surface area contributed by atoms with E-state index < -0.39 is 12.2 Å². The van der Waals surface area contributed by atoms with Crippen LogP contribution in [0, 0.1) is 34.0 Å². The van der Waals surface area contributed by atoms with E-state index in [1.807, 2.05) is 0 Å². The van der Waals surface area contributed by atoms with Crippen molar-refractivity contribution in [1.29, 1.82) is 0 Å². The van der Waals surface area contributed by atoms with E-state index in [9.17, 15) is 10.2 Å². The Labute approximate surface area is 156 Å². The Hall–Kier alpha value is -0.420. The molecule has 0 aromatic heterocycles. The van der Waals surface area contributed by atoms with Crippen LogP contribution in [0.2, 0.25) is 0 Å². The molecule has 4 nitrogen and oxygen atoms in total. The van der Waals surface area contributed by atoms with Crippen molar-refractivity contribution in [2.24, 2.45) is 34.0 Å². The molecule has 2 saturated heterocycles. The Morgan fingerprint density at radius 3 is 2.85 bits per heavy atom. The molecule has 9 atom stereocenters. The van der Waals surface area contributed by atoms with Gasteiger partial charge in [-0.1, -0.05) is 19.9 Å². The van der Waals surface area contributed by atoms with Gasteiger partial charge in [-0.25, -0.2) is 0 Å². The van der Waals surface area contributed by atoms with E-state index in [1.165, 1.54) is 19.3 Å². The van der Waals surface area contributed by atoms with Gasteiger partial charge in [0.1, 0.15) is 6.23 Å². The maximum Gasteiger partial charge on any atom is 0.116 e. The van der Waals surface area contributed by atoms with Gasteiger partial charge in [-0.15, -0.1) is 0 Å². The zero-order valence-electron chi connectivity index (χ0n) is 16.0. The second-order valence-electron chi connectivity index (χ2n) is 10.7. The van der Waals surface area contributed by atoms with Crippen LogP contribution in [-0.2, 0) is 4.74 Å². The van der Waals surface area contributed by atoms with Gasteiger partial charge in [-0.3, -0.25) is 4.90 Å². The number of hydrogen-bond donors (Lipinski definition) is 2. The largest absolute Gasteiger partial charge is 0.392 e. The van der Waals surface area contributed by atoms with E-state index in [-0.39, 0.29) is 22.5 Å². The van der Waals surface area contributed by atoms with Gasteiger partial charge in [-0.2, -0.15) is 0 Å². The lowest BCUT2D eigenvalue weighted by atomic mass is 9.34. The molecule has 144 valence electrons. The maximum absolute atomic E-state index is 11.5. The fraction of sp³-hybridized carbons (Fsp3) is 0.909. The van der Waals surface area contributed by atoms with Gasteiger partial charge < -0.3 is 14.9 Å². The molecule has 1 spiro atoms. The number of rotatable bonds is 0.